The Morgan fingerprint density at radius 3 is 2.21 bits per heavy atom. The minimum Gasteiger partial charge on any atom is -0.372 e. The van der Waals surface area contributed by atoms with Crippen molar-refractivity contribution in [3.05, 3.63) is 29.3 Å². The molecule has 1 aromatic rings. The molecule has 2 nitrogen and oxygen atoms in total. The minimum absolute atomic E-state index is 0.0265. The van der Waals surface area contributed by atoms with Crippen molar-refractivity contribution in [2.75, 3.05) is 18.0 Å². The molecule has 0 aliphatic carbocycles. The fourth-order valence-corrected chi connectivity index (χ4v) is 2.50. The van der Waals surface area contributed by atoms with Gasteiger partial charge in [0.05, 0.1) is 17.8 Å². The lowest BCUT2D eigenvalue weighted by molar-refractivity contribution is -0.137. The maximum absolute atomic E-state index is 12.8. The summed E-state index contributed by atoms with van der Waals surface area (Å²) < 4.78 is 44.1. The lowest BCUT2D eigenvalue weighted by Gasteiger charge is -2.37. The van der Waals surface area contributed by atoms with E-state index in [-0.39, 0.29) is 12.2 Å². The van der Waals surface area contributed by atoms with E-state index in [1.807, 2.05) is 18.7 Å². The van der Waals surface area contributed by atoms with Crippen molar-refractivity contribution in [3.8, 4) is 0 Å². The average molecular weight is 273 g/mol. The maximum Gasteiger partial charge on any atom is 0.416 e. The van der Waals surface area contributed by atoms with Crippen molar-refractivity contribution >= 4 is 5.69 Å². The number of alkyl halides is 3. The van der Waals surface area contributed by atoms with Crippen LogP contribution in [0.25, 0.3) is 0 Å². The van der Waals surface area contributed by atoms with Crippen molar-refractivity contribution < 1.29 is 17.9 Å². The molecule has 0 spiro atoms. The highest BCUT2D eigenvalue weighted by Crippen LogP contribution is 2.33. The number of aryl methyl sites for hydroxylation is 1. The molecule has 2 atom stereocenters. The van der Waals surface area contributed by atoms with Gasteiger partial charge in [0.25, 0.3) is 0 Å². The van der Waals surface area contributed by atoms with E-state index in [1.54, 1.807) is 13.0 Å². The molecular weight excluding hydrogens is 255 g/mol. The highest BCUT2D eigenvalue weighted by atomic mass is 19.4. The molecule has 2 rings (SSSR count). The minimum atomic E-state index is -4.30. The van der Waals surface area contributed by atoms with Gasteiger partial charge in [-0.1, -0.05) is 0 Å². The maximum atomic E-state index is 12.8. The van der Waals surface area contributed by atoms with Crippen LogP contribution in [0.15, 0.2) is 18.2 Å². The van der Waals surface area contributed by atoms with Gasteiger partial charge in [0, 0.05) is 18.8 Å². The standard InChI is InChI=1S/C14H18F3NO/c1-9-4-12(14(15,16)17)6-13(5-9)18-7-10(2)19-11(3)8-18/h4-6,10-11H,7-8H2,1-3H3. The number of hydrogen-bond acceptors (Lipinski definition) is 2. The first-order chi connectivity index (χ1) is 8.75. The summed E-state index contributed by atoms with van der Waals surface area (Å²) >= 11 is 0. The Hall–Kier alpha value is -1.23. The van der Waals surface area contributed by atoms with E-state index in [0.717, 1.165) is 0 Å². The van der Waals surface area contributed by atoms with Crippen LogP contribution < -0.4 is 4.90 Å². The molecule has 2 unspecified atom stereocenters. The largest absolute Gasteiger partial charge is 0.416 e. The number of rotatable bonds is 1. The molecular formula is C14H18F3NO. The number of ether oxygens (including phenoxy) is 1. The number of benzene rings is 1. The third kappa shape index (κ3) is 3.41. The zero-order chi connectivity index (χ0) is 14.2. The molecule has 0 N–H and O–H groups in total. The van der Waals surface area contributed by atoms with Crippen LogP contribution in [0.2, 0.25) is 0 Å². The van der Waals surface area contributed by atoms with Gasteiger partial charge in [-0.15, -0.1) is 0 Å². The number of nitrogens with zero attached hydrogens (tertiary/aromatic N) is 1. The van der Waals surface area contributed by atoms with E-state index in [4.69, 9.17) is 4.74 Å². The van der Waals surface area contributed by atoms with Gasteiger partial charge >= 0.3 is 6.18 Å². The van der Waals surface area contributed by atoms with Crippen LogP contribution in [0, 0.1) is 6.92 Å². The summed E-state index contributed by atoms with van der Waals surface area (Å²) in [6.07, 6.45) is -4.25. The lowest BCUT2D eigenvalue weighted by Crippen LogP contribution is -2.45. The first-order valence-corrected chi connectivity index (χ1v) is 6.35. The van der Waals surface area contributed by atoms with Crippen molar-refractivity contribution in [2.45, 2.75) is 39.2 Å². The van der Waals surface area contributed by atoms with Gasteiger partial charge in [-0.2, -0.15) is 13.2 Å². The topological polar surface area (TPSA) is 12.5 Å². The van der Waals surface area contributed by atoms with Crippen LogP contribution in [-0.4, -0.2) is 25.3 Å². The van der Waals surface area contributed by atoms with Gasteiger partial charge in [-0.05, 0) is 44.5 Å². The molecule has 1 fully saturated rings. The lowest BCUT2D eigenvalue weighted by atomic mass is 10.1. The zero-order valence-electron chi connectivity index (χ0n) is 11.3. The van der Waals surface area contributed by atoms with Crippen LogP contribution in [0.4, 0.5) is 18.9 Å². The number of morpholine rings is 1. The van der Waals surface area contributed by atoms with E-state index in [0.29, 0.717) is 24.3 Å². The quantitative estimate of drug-likeness (QED) is 0.774. The Kier molecular flexibility index (Phi) is 3.76. The van der Waals surface area contributed by atoms with Gasteiger partial charge in [0.2, 0.25) is 0 Å². The molecule has 5 heteroatoms. The molecule has 1 aliphatic heterocycles. The Bertz CT molecular complexity index is 448. The predicted molar refractivity (Wildman–Crippen MR) is 68.4 cm³/mol. The summed E-state index contributed by atoms with van der Waals surface area (Å²) in [5, 5.41) is 0. The fraction of sp³-hybridized carbons (Fsp3) is 0.571. The second-order valence-corrected chi connectivity index (χ2v) is 5.22. The number of halogens is 3. The molecule has 0 amide bonds. The van der Waals surface area contributed by atoms with Gasteiger partial charge in [0.1, 0.15) is 0 Å². The van der Waals surface area contributed by atoms with Crippen molar-refractivity contribution in [1.82, 2.24) is 0 Å². The molecule has 1 saturated heterocycles. The number of anilines is 1. The molecule has 1 aromatic carbocycles. The first kappa shape index (κ1) is 14.2. The van der Waals surface area contributed by atoms with Gasteiger partial charge < -0.3 is 9.64 Å². The van der Waals surface area contributed by atoms with Gasteiger partial charge in [-0.3, -0.25) is 0 Å². The highest BCUT2D eigenvalue weighted by molar-refractivity contribution is 5.52. The molecule has 19 heavy (non-hydrogen) atoms. The zero-order valence-corrected chi connectivity index (χ0v) is 11.3. The fourth-order valence-electron chi connectivity index (χ4n) is 2.50. The van der Waals surface area contributed by atoms with E-state index >= 15 is 0 Å². The molecule has 0 aromatic heterocycles. The summed E-state index contributed by atoms with van der Waals surface area (Å²) in [6.45, 7) is 6.79. The van der Waals surface area contributed by atoms with Gasteiger partial charge in [0.15, 0.2) is 0 Å². The predicted octanol–water partition coefficient (Wildman–Crippen LogP) is 3.63. The van der Waals surface area contributed by atoms with Crippen molar-refractivity contribution in [2.24, 2.45) is 0 Å². The first-order valence-electron chi connectivity index (χ1n) is 6.35. The normalized spacial score (nSPS) is 24.6. The Balaban J connectivity index is 2.31. The van der Waals surface area contributed by atoms with Crippen LogP contribution >= 0.6 is 0 Å². The second kappa shape index (κ2) is 5.04. The third-order valence-electron chi connectivity index (χ3n) is 3.17. The SMILES string of the molecule is Cc1cc(N2CC(C)OC(C)C2)cc(C(F)(F)F)c1. The summed E-state index contributed by atoms with van der Waals surface area (Å²) in [5.74, 6) is 0. The van der Waals surface area contributed by atoms with Crippen LogP contribution in [0.3, 0.4) is 0 Å². The van der Waals surface area contributed by atoms with E-state index in [2.05, 4.69) is 0 Å². The van der Waals surface area contributed by atoms with E-state index in [9.17, 15) is 13.2 Å². The summed E-state index contributed by atoms with van der Waals surface area (Å²) in [7, 11) is 0. The number of hydrogen-bond donors (Lipinski definition) is 0. The third-order valence-corrected chi connectivity index (χ3v) is 3.17. The Labute approximate surface area is 111 Å². The molecule has 1 aliphatic rings. The Morgan fingerprint density at radius 1 is 1.11 bits per heavy atom. The molecule has 106 valence electrons. The van der Waals surface area contributed by atoms with E-state index in [1.165, 1.54) is 12.1 Å². The highest BCUT2D eigenvalue weighted by Gasteiger charge is 2.32. The van der Waals surface area contributed by atoms with Crippen molar-refractivity contribution in [3.63, 3.8) is 0 Å². The molecule has 0 radical (unpaired) electrons. The van der Waals surface area contributed by atoms with Crippen LogP contribution in [-0.2, 0) is 10.9 Å². The van der Waals surface area contributed by atoms with E-state index < -0.39 is 11.7 Å². The summed E-state index contributed by atoms with van der Waals surface area (Å²) in [4.78, 5) is 1.96. The summed E-state index contributed by atoms with van der Waals surface area (Å²) in [5.41, 5.74) is 0.653. The molecule has 0 saturated carbocycles. The smallest absolute Gasteiger partial charge is 0.372 e. The van der Waals surface area contributed by atoms with Crippen LogP contribution in [0.5, 0.6) is 0 Å². The monoisotopic (exact) mass is 273 g/mol. The Morgan fingerprint density at radius 2 is 1.68 bits per heavy atom. The molecule has 1 heterocycles. The summed E-state index contributed by atoms with van der Waals surface area (Å²) in [6, 6.07) is 4.19. The van der Waals surface area contributed by atoms with Crippen LogP contribution in [0.1, 0.15) is 25.0 Å². The molecule has 0 bridgehead atoms. The van der Waals surface area contributed by atoms with Gasteiger partial charge in [-0.25, -0.2) is 0 Å². The average Bonchev–Trinajstić information content (AvgIpc) is 2.25. The second-order valence-electron chi connectivity index (χ2n) is 5.22. The van der Waals surface area contributed by atoms with Crippen molar-refractivity contribution in [1.29, 1.82) is 0 Å².